The van der Waals surface area contributed by atoms with E-state index in [-0.39, 0.29) is 16.7 Å². The summed E-state index contributed by atoms with van der Waals surface area (Å²) < 4.78 is 5.65. The van der Waals surface area contributed by atoms with E-state index in [1.807, 2.05) is 12.1 Å². The third kappa shape index (κ3) is 3.75. The Hall–Kier alpha value is -3.02. The van der Waals surface area contributed by atoms with Gasteiger partial charge in [-0.05, 0) is 65.5 Å². The molecule has 0 saturated carbocycles. The SMILES string of the molecule is COc1ccc(Cc2[nH]c(=O)[nH]c2O)nc1-c1cc2c(cc1C)C(C)(C)CCC2(C)C. The summed E-state index contributed by atoms with van der Waals surface area (Å²) in [6.45, 7) is 11.4. The number of ether oxygens (including phenoxy) is 1. The first-order valence-corrected chi connectivity index (χ1v) is 10.7. The summed E-state index contributed by atoms with van der Waals surface area (Å²) in [4.78, 5) is 21.3. The number of methoxy groups -OCH3 is 1. The normalized spacial score (nSPS) is 16.7. The lowest BCUT2D eigenvalue weighted by Gasteiger charge is -2.42. The first kappa shape index (κ1) is 21.2. The number of aromatic hydroxyl groups is 1. The number of benzene rings is 1. The molecule has 0 atom stereocenters. The zero-order valence-corrected chi connectivity index (χ0v) is 19.1. The van der Waals surface area contributed by atoms with Crippen LogP contribution in [0.15, 0.2) is 29.1 Å². The molecule has 6 nitrogen and oxygen atoms in total. The Morgan fingerprint density at radius 1 is 1.06 bits per heavy atom. The number of H-pyrrole nitrogens is 2. The molecule has 3 aromatic rings. The van der Waals surface area contributed by atoms with Gasteiger partial charge in [0.25, 0.3) is 0 Å². The van der Waals surface area contributed by atoms with E-state index in [0.717, 1.165) is 28.9 Å². The van der Waals surface area contributed by atoms with Gasteiger partial charge in [-0.2, -0.15) is 0 Å². The number of nitrogens with zero attached hydrogens (tertiary/aromatic N) is 1. The highest BCUT2D eigenvalue weighted by Crippen LogP contribution is 2.48. The number of rotatable bonds is 4. The smallest absolute Gasteiger partial charge is 0.325 e. The van der Waals surface area contributed by atoms with Gasteiger partial charge in [-0.25, -0.2) is 9.78 Å². The lowest BCUT2D eigenvalue weighted by molar-refractivity contribution is 0.332. The molecule has 0 aliphatic heterocycles. The highest BCUT2D eigenvalue weighted by Gasteiger charge is 2.37. The fraction of sp³-hybridized carbons (Fsp3) is 0.440. The number of aromatic nitrogens is 3. The van der Waals surface area contributed by atoms with E-state index in [1.54, 1.807) is 7.11 Å². The van der Waals surface area contributed by atoms with E-state index in [2.05, 4.69) is 56.7 Å². The average molecular weight is 422 g/mol. The largest absolute Gasteiger partial charge is 0.494 e. The third-order valence-corrected chi connectivity index (χ3v) is 6.73. The first-order valence-electron chi connectivity index (χ1n) is 10.7. The number of nitrogens with one attached hydrogen (secondary N) is 2. The molecule has 0 spiro atoms. The minimum Gasteiger partial charge on any atom is -0.494 e. The molecule has 6 heteroatoms. The number of fused-ring (bicyclic) bond motifs is 1. The zero-order valence-electron chi connectivity index (χ0n) is 19.1. The topological polar surface area (TPSA) is 91.0 Å². The van der Waals surface area contributed by atoms with E-state index in [9.17, 15) is 9.90 Å². The predicted molar refractivity (Wildman–Crippen MR) is 122 cm³/mol. The van der Waals surface area contributed by atoms with Crippen LogP contribution < -0.4 is 10.4 Å². The molecule has 164 valence electrons. The van der Waals surface area contributed by atoms with Crippen molar-refractivity contribution in [2.75, 3.05) is 7.11 Å². The van der Waals surface area contributed by atoms with Crippen molar-refractivity contribution in [3.05, 3.63) is 62.8 Å². The molecular weight excluding hydrogens is 390 g/mol. The monoisotopic (exact) mass is 421 g/mol. The lowest BCUT2D eigenvalue weighted by atomic mass is 9.62. The number of hydrogen-bond acceptors (Lipinski definition) is 4. The first-order chi connectivity index (χ1) is 14.5. The summed E-state index contributed by atoms with van der Waals surface area (Å²) in [5.41, 5.74) is 6.71. The molecule has 1 aliphatic carbocycles. The van der Waals surface area contributed by atoms with E-state index < -0.39 is 5.69 Å². The summed E-state index contributed by atoms with van der Waals surface area (Å²) >= 11 is 0. The minimum absolute atomic E-state index is 0.0918. The standard InChI is InChI=1S/C25H31N3O3/c1-14-11-17-18(25(4,5)10-9-24(17,2)3)13-16(14)21-20(31-6)8-7-15(26-21)12-19-22(29)28-23(30)27-19/h7-8,11,13,29H,9-10,12H2,1-6H3,(H2,27,28,30). The van der Waals surface area contributed by atoms with Crippen molar-refractivity contribution in [3.8, 4) is 22.9 Å². The van der Waals surface area contributed by atoms with Crippen LogP contribution in [0.4, 0.5) is 0 Å². The Morgan fingerprint density at radius 2 is 1.71 bits per heavy atom. The van der Waals surface area contributed by atoms with Crippen molar-refractivity contribution in [3.63, 3.8) is 0 Å². The molecule has 31 heavy (non-hydrogen) atoms. The fourth-order valence-electron chi connectivity index (χ4n) is 4.64. The Bertz CT molecular complexity index is 1200. The van der Waals surface area contributed by atoms with Gasteiger partial charge in [-0.3, -0.25) is 4.98 Å². The Kier molecular flexibility index (Phi) is 4.99. The molecule has 2 heterocycles. The summed E-state index contributed by atoms with van der Waals surface area (Å²) in [5.74, 6) is 0.546. The van der Waals surface area contributed by atoms with Gasteiger partial charge < -0.3 is 14.8 Å². The van der Waals surface area contributed by atoms with Gasteiger partial charge >= 0.3 is 5.69 Å². The van der Waals surface area contributed by atoms with Crippen molar-refractivity contribution < 1.29 is 9.84 Å². The molecule has 3 N–H and O–H groups in total. The average Bonchev–Trinajstić information content (AvgIpc) is 3.02. The summed E-state index contributed by atoms with van der Waals surface area (Å²) in [6, 6.07) is 8.35. The molecule has 0 saturated heterocycles. The van der Waals surface area contributed by atoms with Crippen LogP contribution in [-0.2, 0) is 17.3 Å². The second-order valence-electron chi connectivity index (χ2n) is 9.92. The van der Waals surface area contributed by atoms with Gasteiger partial charge in [0.15, 0.2) is 0 Å². The van der Waals surface area contributed by atoms with Crippen molar-refractivity contribution in [2.24, 2.45) is 0 Å². The van der Waals surface area contributed by atoms with Crippen LogP contribution in [0.1, 0.15) is 68.6 Å². The molecule has 0 bridgehead atoms. The van der Waals surface area contributed by atoms with Gasteiger partial charge in [0.2, 0.25) is 5.88 Å². The van der Waals surface area contributed by atoms with Gasteiger partial charge in [0.05, 0.1) is 12.8 Å². The number of imidazole rings is 1. The van der Waals surface area contributed by atoms with Crippen LogP contribution in [-0.4, -0.2) is 27.2 Å². The highest BCUT2D eigenvalue weighted by atomic mass is 16.5. The van der Waals surface area contributed by atoms with Gasteiger partial charge in [-0.15, -0.1) is 0 Å². The van der Waals surface area contributed by atoms with Crippen molar-refractivity contribution in [1.29, 1.82) is 0 Å². The number of pyridine rings is 1. The Labute approximate surface area is 182 Å². The van der Waals surface area contributed by atoms with Crippen LogP contribution in [0.25, 0.3) is 11.3 Å². The van der Waals surface area contributed by atoms with Crippen LogP contribution in [0.3, 0.4) is 0 Å². The molecule has 0 fully saturated rings. The quantitative estimate of drug-likeness (QED) is 0.568. The predicted octanol–water partition coefficient (Wildman–Crippen LogP) is 4.73. The van der Waals surface area contributed by atoms with Crippen LogP contribution >= 0.6 is 0 Å². The molecule has 4 rings (SSSR count). The third-order valence-electron chi connectivity index (χ3n) is 6.73. The maximum Gasteiger partial charge on any atom is 0.325 e. The van der Waals surface area contributed by atoms with Gasteiger partial charge in [-0.1, -0.05) is 33.8 Å². The van der Waals surface area contributed by atoms with Crippen LogP contribution in [0.2, 0.25) is 0 Å². The Balaban J connectivity index is 1.85. The molecule has 0 unspecified atom stereocenters. The molecule has 1 aliphatic rings. The molecule has 2 aromatic heterocycles. The van der Waals surface area contributed by atoms with E-state index >= 15 is 0 Å². The molecule has 1 aromatic carbocycles. The van der Waals surface area contributed by atoms with E-state index in [1.165, 1.54) is 17.5 Å². The molecular formula is C25H31N3O3. The second kappa shape index (κ2) is 7.29. The number of aromatic amines is 2. The van der Waals surface area contributed by atoms with E-state index in [4.69, 9.17) is 9.72 Å². The number of aryl methyl sites for hydroxylation is 1. The van der Waals surface area contributed by atoms with Crippen molar-refractivity contribution in [2.45, 2.75) is 64.7 Å². The fourth-order valence-corrected chi connectivity index (χ4v) is 4.64. The summed E-state index contributed by atoms with van der Waals surface area (Å²) in [6.07, 6.45) is 2.62. The van der Waals surface area contributed by atoms with Crippen LogP contribution in [0.5, 0.6) is 11.6 Å². The van der Waals surface area contributed by atoms with Crippen molar-refractivity contribution >= 4 is 0 Å². The summed E-state index contributed by atoms with van der Waals surface area (Å²) in [7, 11) is 1.65. The Morgan fingerprint density at radius 3 is 2.29 bits per heavy atom. The highest BCUT2D eigenvalue weighted by molar-refractivity contribution is 5.72. The molecule has 0 amide bonds. The maximum absolute atomic E-state index is 11.5. The lowest BCUT2D eigenvalue weighted by Crippen LogP contribution is -2.34. The zero-order chi connectivity index (χ0) is 22.6. The van der Waals surface area contributed by atoms with Crippen LogP contribution in [0, 0.1) is 6.92 Å². The maximum atomic E-state index is 11.5. The second-order valence-corrected chi connectivity index (χ2v) is 9.92. The molecule has 0 radical (unpaired) electrons. The van der Waals surface area contributed by atoms with Gasteiger partial charge in [0.1, 0.15) is 11.4 Å². The minimum atomic E-state index is -0.434. The summed E-state index contributed by atoms with van der Waals surface area (Å²) in [5, 5.41) is 9.92. The van der Waals surface area contributed by atoms with Gasteiger partial charge in [0, 0.05) is 17.7 Å². The number of hydrogen-bond donors (Lipinski definition) is 3. The van der Waals surface area contributed by atoms with E-state index in [0.29, 0.717) is 17.9 Å². The van der Waals surface area contributed by atoms with Crippen molar-refractivity contribution in [1.82, 2.24) is 15.0 Å².